The lowest BCUT2D eigenvalue weighted by atomic mass is 10.0. The molecule has 118 valence electrons. The smallest absolute Gasteiger partial charge is 0.0275 e. The molecule has 0 heteroatoms. The van der Waals surface area contributed by atoms with Gasteiger partial charge in [0.05, 0.1) is 0 Å². The van der Waals surface area contributed by atoms with Gasteiger partial charge in [0.15, 0.2) is 0 Å². The van der Waals surface area contributed by atoms with Gasteiger partial charge in [0.25, 0.3) is 0 Å². The van der Waals surface area contributed by atoms with Gasteiger partial charge in [0, 0.05) is 0 Å². The van der Waals surface area contributed by atoms with Crippen LogP contribution in [0.5, 0.6) is 0 Å². The maximum Gasteiger partial charge on any atom is -0.0275 e. The summed E-state index contributed by atoms with van der Waals surface area (Å²) >= 11 is 0. The molecule has 0 aromatic rings. The molecule has 0 saturated carbocycles. The molecule has 0 aromatic carbocycles. The van der Waals surface area contributed by atoms with Crippen LogP contribution in [0.2, 0.25) is 0 Å². The summed E-state index contributed by atoms with van der Waals surface area (Å²) in [6, 6.07) is 0. The third-order valence-electron chi connectivity index (χ3n) is 4.10. The fourth-order valence-electron chi connectivity index (χ4n) is 2.72. The van der Waals surface area contributed by atoms with Crippen molar-refractivity contribution in [3.8, 4) is 0 Å². The first-order chi connectivity index (χ1) is 9.91. The Hall–Kier alpha value is -0.480. The highest BCUT2D eigenvalue weighted by atomic mass is 14.0. The zero-order chi connectivity index (χ0) is 14.7. The molecule has 0 nitrogen and oxygen atoms in total. The van der Waals surface area contributed by atoms with E-state index in [1.165, 1.54) is 103 Å². The molecule has 0 fully saturated rings. The maximum absolute atomic E-state index is 3.59. The quantitative estimate of drug-likeness (QED) is 0.201. The average Bonchev–Trinajstić information content (AvgIpc) is 2.47. The van der Waals surface area contributed by atoms with Crippen molar-refractivity contribution in [1.82, 2.24) is 0 Å². The summed E-state index contributed by atoms with van der Waals surface area (Å²) in [4.78, 5) is 0. The Bertz CT molecular complexity index is 210. The van der Waals surface area contributed by atoms with Crippen molar-refractivity contribution in [2.24, 2.45) is 0 Å². The Morgan fingerprint density at radius 1 is 0.600 bits per heavy atom. The molecule has 0 N–H and O–H groups in total. The van der Waals surface area contributed by atoms with Crippen molar-refractivity contribution >= 4 is 0 Å². The van der Waals surface area contributed by atoms with Crippen LogP contribution in [0.1, 0.15) is 110 Å². The van der Waals surface area contributed by atoms with Crippen molar-refractivity contribution < 1.29 is 0 Å². The number of rotatable bonds is 16. The molecule has 20 heavy (non-hydrogen) atoms. The van der Waals surface area contributed by atoms with Crippen LogP contribution in [-0.4, -0.2) is 0 Å². The van der Waals surface area contributed by atoms with Gasteiger partial charge in [-0.25, -0.2) is 0 Å². The fraction of sp³-hybridized carbons (Fsp3) is 0.850. The van der Waals surface area contributed by atoms with E-state index in [2.05, 4.69) is 25.3 Å². The number of hydrogen-bond donors (Lipinski definition) is 0. The second-order valence-electron chi connectivity index (χ2n) is 6.15. The molecule has 0 spiro atoms. The van der Waals surface area contributed by atoms with Crippen LogP contribution >= 0.6 is 0 Å². The van der Waals surface area contributed by atoms with Gasteiger partial charge in [0.1, 0.15) is 0 Å². The van der Waals surface area contributed by atoms with Crippen LogP contribution in [0.25, 0.3) is 0 Å². The standard InChI is InChI=1S/C20H38/c1-3-5-7-9-11-13-15-17-19-20-18-16-14-12-10-8-6-4-2/h5H,1,4,6-20H2,2H3. The third kappa shape index (κ3) is 17.5. The molecule has 0 aliphatic carbocycles. The average molecular weight is 279 g/mol. The molecular formula is C20H38. The van der Waals surface area contributed by atoms with Crippen molar-refractivity contribution in [1.29, 1.82) is 0 Å². The highest BCUT2D eigenvalue weighted by molar-refractivity contribution is 4.74. The normalized spacial score (nSPS) is 10.4. The monoisotopic (exact) mass is 278 g/mol. The largest absolute Gasteiger partial charge is 0.133 e. The molecule has 0 atom stereocenters. The minimum Gasteiger partial charge on any atom is -0.133 e. The minimum atomic E-state index is 1.17. The second kappa shape index (κ2) is 18.5. The van der Waals surface area contributed by atoms with E-state index in [1.54, 1.807) is 0 Å². The summed E-state index contributed by atoms with van der Waals surface area (Å²) < 4.78 is 0. The van der Waals surface area contributed by atoms with Gasteiger partial charge in [-0.15, -0.1) is 5.73 Å². The van der Waals surface area contributed by atoms with E-state index in [9.17, 15) is 0 Å². The van der Waals surface area contributed by atoms with Gasteiger partial charge in [0.2, 0.25) is 0 Å². The van der Waals surface area contributed by atoms with Crippen molar-refractivity contribution in [2.45, 2.75) is 110 Å². The van der Waals surface area contributed by atoms with E-state index in [4.69, 9.17) is 0 Å². The second-order valence-corrected chi connectivity index (χ2v) is 6.15. The summed E-state index contributed by atoms with van der Waals surface area (Å²) in [5, 5.41) is 0. The third-order valence-corrected chi connectivity index (χ3v) is 4.10. The lowest BCUT2D eigenvalue weighted by Gasteiger charge is -2.03. The number of unbranched alkanes of at least 4 members (excludes halogenated alkanes) is 15. The van der Waals surface area contributed by atoms with E-state index >= 15 is 0 Å². The van der Waals surface area contributed by atoms with Crippen molar-refractivity contribution in [3.63, 3.8) is 0 Å². The van der Waals surface area contributed by atoms with Crippen LogP contribution < -0.4 is 0 Å². The first kappa shape index (κ1) is 19.5. The number of allylic oxidation sites excluding steroid dienone is 1. The van der Waals surface area contributed by atoms with E-state index in [0.29, 0.717) is 0 Å². The van der Waals surface area contributed by atoms with Crippen LogP contribution in [0.4, 0.5) is 0 Å². The minimum absolute atomic E-state index is 1.17. The summed E-state index contributed by atoms with van der Waals surface area (Å²) in [5.41, 5.74) is 2.84. The van der Waals surface area contributed by atoms with Crippen LogP contribution in [0.15, 0.2) is 18.4 Å². The molecule has 0 heterocycles. The zero-order valence-electron chi connectivity index (χ0n) is 14.1. The molecule has 0 saturated heterocycles. The molecule has 0 aliphatic rings. The Morgan fingerprint density at radius 2 is 0.950 bits per heavy atom. The maximum atomic E-state index is 3.59. The summed E-state index contributed by atoms with van der Waals surface area (Å²) in [6.07, 6.45) is 24.8. The molecule has 0 bridgehead atoms. The van der Waals surface area contributed by atoms with Crippen molar-refractivity contribution in [2.75, 3.05) is 0 Å². The fourth-order valence-corrected chi connectivity index (χ4v) is 2.72. The van der Waals surface area contributed by atoms with Gasteiger partial charge in [-0.2, -0.15) is 0 Å². The zero-order valence-corrected chi connectivity index (χ0v) is 14.1. The topological polar surface area (TPSA) is 0 Å². The van der Waals surface area contributed by atoms with E-state index < -0.39 is 0 Å². The highest BCUT2D eigenvalue weighted by Crippen LogP contribution is 2.13. The van der Waals surface area contributed by atoms with Gasteiger partial charge in [-0.1, -0.05) is 103 Å². The van der Waals surface area contributed by atoms with E-state index in [1.807, 2.05) is 0 Å². The lowest BCUT2D eigenvalue weighted by molar-refractivity contribution is 0.533. The summed E-state index contributed by atoms with van der Waals surface area (Å²) in [6.45, 7) is 5.88. The Labute approximate surface area is 128 Å². The SMILES string of the molecule is C=C=CCCCCCCCCCCCCCCCCC. The van der Waals surface area contributed by atoms with Gasteiger partial charge in [-0.3, -0.25) is 0 Å². The van der Waals surface area contributed by atoms with E-state index in [0.717, 1.165) is 0 Å². The molecule has 0 amide bonds. The molecular weight excluding hydrogens is 240 g/mol. The predicted octanol–water partition coefficient (Wildman–Crippen LogP) is 7.59. The van der Waals surface area contributed by atoms with Gasteiger partial charge in [-0.05, 0) is 18.9 Å². The predicted molar refractivity (Wildman–Crippen MR) is 93.3 cm³/mol. The van der Waals surface area contributed by atoms with Crippen LogP contribution in [0, 0.1) is 0 Å². The van der Waals surface area contributed by atoms with Crippen LogP contribution in [-0.2, 0) is 0 Å². The van der Waals surface area contributed by atoms with Gasteiger partial charge >= 0.3 is 0 Å². The summed E-state index contributed by atoms with van der Waals surface area (Å²) in [5.74, 6) is 0. The molecule has 0 aliphatic heterocycles. The molecule has 0 aromatic heterocycles. The Morgan fingerprint density at radius 3 is 1.30 bits per heavy atom. The first-order valence-corrected chi connectivity index (χ1v) is 9.26. The highest BCUT2D eigenvalue weighted by Gasteiger charge is 1.93. The Balaban J connectivity index is 2.94. The molecule has 0 rings (SSSR count). The first-order valence-electron chi connectivity index (χ1n) is 9.26. The molecule has 0 unspecified atom stereocenters. The Kier molecular flexibility index (Phi) is 18.1. The number of hydrogen-bond acceptors (Lipinski definition) is 0. The van der Waals surface area contributed by atoms with Crippen molar-refractivity contribution in [3.05, 3.63) is 18.4 Å². The molecule has 0 radical (unpaired) electrons. The summed E-state index contributed by atoms with van der Waals surface area (Å²) in [7, 11) is 0. The lowest BCUT2D eigenvalue weighted by Crippen LogP contribution is -1.83. The van der Waals surface area contributed by atoms with Gasteiger partial charge < -0.3 is 0 Å². The van der Waals surface area contributed by atoms with E-state index in [-0.39, 0.29) is 0 Å². The van der Waals surface area contributed by atoms with Crippen LogP contribution in [0.3, 0.4) is 0 Å².